The molecule has 1 heterocycles. The van der Waals surface area contributed by atoms with Gasteiger partial charge in [0.25, 0.3) is 0 Å². The van der Waals surface area contributed by atoms with Crippen molar-refractivity contribution in [1.29, 1.82) is 5.26 Å². The third-order valence-corrected chi connectivity index (χ3v) is 5.10. The number of hydrogen-bond donors (Lipinski definition) is 1. The summed E-state index contributed by atoms with van der Waals surface area (Å²) in [6.45, 7) is 5.60. The van der Waals surface area contributed by atoms with Gasteiger partial charge in [0.1, 0.15) is 10.6 Å². The Hall–Kier alpha value is -1.85. The molecule has 0 aromatic carbocycles. The number of carboxylic acid groups (broad SMARTS) is 1. The second-order valence-electron chi connectivity index (χ2n) is 4.77. The highest BCUT2D eigenvalue weighted by molar-refractivity contribution is 7.89. The zero-order chi connectivity index (χ0) is 16.2. The second kappa shape index (κ2) is 6.74. The molecule has 7 nitrogen and oxygen atoms in total. The maximum absolute atomic E-state index is 12.6. The van der Waals surface area contributed by atoms with Crippen LogP contribution in [0.3, 0.4) is 0 Å². The van der Waals surface area contributed by atoms with E-state index in [1.807, 2.05) is 6.07 Å². The van der Waals surface area contributed by atoms with E-state index in [2.05, 4.69) is 0 Å². The van der Waals surface area contributed by atoms with Gasteiger partial charge in [0.05, 0.1) is 6.07 Å². The average molecular weight is 313 g/mol. The lowest BCUT2D eigenvalue weighted by Gasteiger charge is -2.24. The molecule has 0 saturated heterocycles. The van der Waals surface area contributed by atoms with Crippen LogP contribution < -0.4 is 0 Å². The highest BCUT2D eigenvalue weighted by Crippen LogP contribution is 2.21. The third kappa shape index (κ3) is 3.62. The molecular weight excluding hydrogens is 294 g/mol. The van der Waals surface area contributed by atoms with E-state index in [0.717, 1.165) is 6.07 Å². The van der Waals surface area contributed by atoms with Gasteiger partial charge in [0.15, 0.2) is 0 Å². The number of hydrogen-bond acceptors (Lipinski definition) is 4. The smallest absolute Gasteiger partial charge is 0.352 e. The quantitative estimate of drug-likeness (QED) is 0.822. The molecule has 21 heavy (non-hydrogen) atoms. The van der Waals surface area contributed by atoms with Gasteiger partial charge in [-0.3, -0.25) is 0 Å². The minimum Gasteiger partial charge on any atom is -0.477 e. The van der Waals surface area contributed by atoms with Crippen LogP contribution in [0.25, 0.3) is 0 Å². The standard InChI is InChI=1S/C13H19N3O4S/c1-4-15-9-11(8-12(15)13(17)18)21(19,20)16(10(2)3)7-5-6-14/h8-10H,4-5,7H2,1-3H3,(H,17,18). The summed E-state index contributed by atoms with van der Waals surface area (Å²) in [6, 6.07) is 2.75. The number of rotatable bonds is 7. The Balaban J connectivity index is 3.29. The molecule has 1 aromatic heterocycles. The molecule has 0 amide bonds. The van der Waals surface area contributed by atoms with Gasteiger partial charge in [-0.2, -0.15) is 9.57 Å². The summed E-state index contributed by atoms with van der Waals surface area (Å²) < 4.78 is 27.8. The summed E-state index contributed by atoms with van der Waals surface area (Å²) in [7, 11) is -3.82. The molecule has 1 rings (SSSR count). The number of aromatic nitrogens is 1. The predicted molar refractivity (Wildman–Crippen MR) is 76.3 cm³/mol. The number of nitriles is 1. The summed E-state index contributed by atoms with van der Waals surface area (Å²) in [5, 5.41) is 17.7. The Morgan fingerprint density at radius 1 is 1.52 bits per heavy atom. The van der Waals surface area contributed by atoms with E-state index >= 15 is 0 Å². The summed E-state index contributed by atoms with van der Waals surface area (Å²) in [5.74, 6) is -1.17. The van der Waals surface area contributed by atoms with Gasteiger partial charge in [0, 0.05) is 31.7 Å². The molecule has 0 fully saturated rings. The normalized spacial score (nSPS) is 11.8. The van der Waals surface area contributed by atoms with Crippen molar-refractivity contribution in [2.24, 2.45) is 0 Å². The number of carbonyl (C=O) groups is 1. The Bertz CT molecular complexity index is 655. The Kier molecular flexibility index (Phi) is 5.52. The van der Waals surface area contributed by atoms with Crippen LogP contribution in [-0.4, -0.2) is 41.0 Å². The van der Waals surface area contributed by atoms with Crippen molar-refractivity contribution in [1.82, 2.24) is 8.87 Å². The monoisotopic (exact) mass is 313 g/mol. The molecule has 1 N–H and O–H groups in total. The number of aromatic carboxylic acids is 1. The molecule has 0 spiro atoms. The molecule has 8 heteroatoms. The fourth-order valence-electron chi connectivity index (χ4n) is 2.02. The zero-order valence-corrected chi connectivity index (χ0v) is 13.1. The van der Waals surface area contributed by atoms with E-state index < -0.39 is 16.0 Å². The van der Waals surface area contributed by atoms with Gasteiger partial charge >= 0.3 is 5.97 Å². The first-order valence-electron chi connectivity index (χ1n) is 6.58. The molecule has 0 bridgehead atoms. The van der Waals surface area contributed by atoms with Gasteiger partial charge in [-0.05, 0) is 26.8 Å². The van der Waals surface area contributed by atoms with Crippen molar-refractivity contribution in [3.8, 4) is 6.07 Å². The first-order valence-corrected chi connectivity index (χ1v) is 8.02. The Morgan fingerprint density at radius 2 is 2.14 bits per heavy atom. The van der Waals surface area contributed by atoms with Crippen LogP contribution >= 0.6 is 0 Å². The topological polar surface area (TPSA) is 103 Å². The molecule has 0 atom stereocenters. The molecule has 116 valence electrons. The van der Waals surface area contributed by atoms with Crippen LogP contribution in [0.15, 0.2) is 17.2 Å². The van der Waals surface area contributed by atoms with Gasteiger partial charge in [0.2, 0.25) is 10.0 Å². The molecule has 0 saturated carbocycles. The van der Waals surface area contributed by atoms with Crippen molar-refractivity contribution in [2.75, 3.05) is 6.54 Å². The van der Waals surface area contributed by atoms with E-state index in [1.54, 1.807) is 20.8 Å². The molecular formula is C13H19N3O4S. The van der Waals surface area contributed by atoms with Crippen molar-refractivity contribution in [2.45, 2.75) is 44.7 Å². The number of aryl methyl sites for hydroxylation is 1. The Morgan fingerprint density at radius 3 is 2.52 bits per heavy atom. The van der Waals surface area contributed by atoms with E-state index in [0.29, 0.717) is 6.54 Å². The lowest BCUT2D eigenvalue weighted by Crippen LogP contribution is -2.37. The molecule has 0 unspecified atom stereocenters. The average Bonchev–Trinajstić information content (AvgIpc) is 2.83. The molecule has 1 aromatic rings. The summed E-state index contributed by atoms with van der Waals surface area (Å²) >= 11 is 0. The molecule has 0 aliphatic heterocycles. The zero-order valence-electron chi connectivity index (χ0n) is 12.3. The van der Waals surface area contributed by atoms with Crippen molar-refractivity contribution < 1.29 is 18.3 Å². The number of carboxylic acids is 1. The van der Waals surface area contributed by atoms with Crippen LogP contribution in [0.4, 0.5) is 0 Å². The van der Waals surface area contributed by atoms with Crippen LogP contribution in [0.2, 0.25) is 0 Å². The van der Waals surface area contributed by atoms with Crippen molar-refractivity contribution in [3.05, 3.63) is 18.0 Å². The largest absolute Gasteiger partial charge is 0.477 e. The van der Waals surface area contributed by atoms with Crippen molar-refractivity contribution in [3.63, 3.8) is 0 Å². The summed E-state index contributed by atoms with van der Waals surface area (Å²) in [6.07, 6.45) is 1.40. The van der Waals surface area contributed by atoms with Crippen LogP contribution in [0, 0.1) is 11.3 Å². The minimum absolute atomic E-state index is 0.0617. The van der Waals surface area contributed by atoms with Gasteiger partial charge < -0.3 is 9.67 Å². The first kappa shape index (κ1) is 17.2. The fraction of sp³-hybridized carbons (Fsp3) is 0.538. The van der Waals surface area contributed by atoms with Crippen LogP contribution in [0.1, 0.15) is 37.7 Å². The highest BCUT2D eigenvalue weighted by atomic mass is 32.2. The molecule has 0 aliphatic rings. The van der Waals surface area contributed by atoms with E-state index in [-0.39, 0.29) is 29.6 Å². The Labute approximate surface area is 124 Å². The maximum Gasteiger partial charge on any atom is 0.352 e. The summed E-state index contributed by atoms with van der Waals surface area (Å²) in [5.41, 5.74) is -0.0694. The fourth-order valence-corrected chi connectivity index (χ4v) is 3.70. The number of sulfonamides is 1. The predicted octanol–water partition coefficient (Wildman–Crippen LogP) is 1.52. The lowest BCUT2D eigenvalue weighted by molar-refractivity contribution is 0.0685. The SMILES string of the molecule is CCn1cc(S(=O)(=O)N(CCC#N)C(C)C)cc1C(=O)O. The molecule has 0 aliphatic carbocycles. The first-order chi connectivity index (χ1) is 9.75. The maximum atomic E-state index is 12.6. The highest BCUT2D eigenvalue weighted by Gasteiger charge is 2.29. The van der Waals surface area contributed by atoms with Crippen LogP contribution in [-0.2, 0) is 16.6 Å². The van der Waals surface area contributed by atoms with E-state index in [1.165, 1.54) is 15.1 Å². The minimum atomic E-state index is -3.82. The lowest BCUT2D eigenvalue weighted by atomic mass is 10.3. The van der Waals surface area contributed by atoms with Crippen molar-refractivity contribution >= 4 is 16.0 Å². The molecule has 0 radical (unpaired) electrons. The van der Waals surface area contributed by atoms with E-state index in [9.17, 15) is 13.2 Å². The van der Waals surface area contributed by atoms with Gasteiger partial charge in [-0.1, -0.05) is 0 Å². The van der Waals surface area contributed by atoms with Gasteiger partial charge in [-0.25, -0.2) is 13.2 Å². The van der Waals surface area contributed by atoms with Gasteiger partial charge in [-0.15, -0.1) is 0 Å². The number of nitrogens with zero attached hydrogens (tertiary/aromatic N) is 3. The third-order valence-electron chi connectivity index (χ3n) is 3.06. The van der Waals surface area contributed by atoms with E-state index in [4.69, 9.17) is 10.4 Å². The summed E-state index contributed by atoms with van der Waals surface area (Å²) in [4.78, 5) is 11.1. The second-order valence-corrected chi connectivity index (χ2v) is 6.66. The van der Waals surface area contributed by atoms with Crippen LogP contribution in [0.5, 0.6) is 0 Å².